The van der Waals surface area contributed by atoms with Crippen molar-refractivity contribution < 1.29 is 5.21 Å². The summed E-state index contributed by atoms with van der Waals surface area (Å²) in [6.45, 7) is 0. The molecule has 1 heterocycles. The molecule has 1 aromatic heterocycles. The van der Waals surface area contributed by atoms with Gasteiger partial charge >= 0.3 is 0 Å². The molecule has 7 heavy (non-hydrogen) atoms. The summed E-state index contributed by atoms with van der Waals surface area (Å²) < 4.78 is 0. The van der Waals surface area contributed by atoms with E-state index >= 15 is 0 Å². The van der Waals surface area contributed by atoms with E-state index in [0.717, 1.165) is 0 Å². The second-order valence-corrected chi connectivity index (χ2v) is 1.08. The summed E-state index contributed by atoms with van der Waals surface area (Å²) in [4.78, 5) is 0. The third kappa shape index (κ3) is 0.690. The Morgan fingerprint density at radius 3 is 3.00 bits per heavy atom. The first-order valence-electron chi connectivity index (χ1n) is 1.83. The minimum absolute atomic E-state index is 0.500. The van der Waals surface area contributed by atoms with Gasteiger partial charge in [0.1, 0.15) is 5.82 Å². The van der Waals surface area contributed by atoms with E-state index in [2.05, 4.69) is 10.2 Å². The van der Waals surface area contributed by atoms with Crippen LogP contribution in [0.4, 0.5) is 5.82 Å². The summed E-state index contributed by atoms with van der Waals surface area (Å²) in [5.74, 6) is 0.500. The van der Waals surface area contributed by atoms with Gasteiger partial charge in [-0.1, -0.05) is 0 Å². The van der Waals surface area contributed by atoms with Crippen molar-refractivity contribution in [3.05, 3.63) is 12.3 Å². The van der Waals surface area contributed by atoms with Gasteiger partial charge in [-0.2, -0.15) is 5.10 Å². The number of rotatable bonds is 1. The molecule has 0 saturated carbocycles. The first-order chi connectivity index (χ1) is 3.43. The van der Waals surface area contributed by atoms with Gasteiger partial charge in [-0.3, -0.25) is 15.8 Å². The molecule has 1 rings (SSSR count). The molecule has 0 aliphatic rings. The molecule has 4 nitrogen and oxygen atoms in total. The van der Waals surface area contributed by atoms with E-state index in [4.69, 9.17) is 5.21 Å². The molecule has 0 saturated heterocycles. The second-order valence-electron chi connectivity index (χ2n) is 1.08. The molecule has 0 aliphatic carbocycles. The maximum absolute atomic E-state index is 8.11. The van der Waals surface area contributed by atoms with E-state index < -0.39 is 0 Å². The number of nitrogens with zero attached hydrogens (tertiary/aromatic N) is 1. The zero-order chi connectivity index (χ0) is 5.11. The summed E-state index contributed by atoms with van der Waals surface area (Å²) in [7, 11) is 0. The predicted molar refractivity (Wildman–Crippen MR) is 24.0 cm³/mol. The Kier molecular flexibility index (Phi) is 0.953. The Morgan fingerprint density at radius 1 is 1.86 bits per heavy atom. The lowest BCUT2D eigenvalue weighted by atomic mass is 10.7. The van der Waals surface area contributed by atoms with E-state index in [0.29, 0.717) is 5.82 Å². The van der Waals surface area contributed by atoms with Gasteiger partial charge in [0.15, 0.2) is 0 Å². The molecule has 0 aromatic carbocycles. The van der Waals surface area contributed by atoms with Crippen LogP contribution in [0.3, 0.4) is 0 Å². The van der Waals surface area contributed by atoms with E-state index in [1.165, 1.54) is 0 Å². The van der Waals surface area contributed by atoms with Gasteiger partial charge in [0.25, 0.3) is 0 Å². The van der Waals surface area contributed by atoms with E-state index in [1.54, 1.807) is 12.3 Å². The number of hydrogen-bond acceptors (Lipinski definition) is 3. The predicted octanol–water partition coefficient (Wildman–Crippen LogP) is 0.211. The van der Waals surface area contributed by atoms with Crippen LogP contribution < -0.4 is 5.48 Å². The highest BCUT2D eigenvalue weighted by molar-refractivity contribution is 5.27. The topological polar surface area (TPSA) is 60.9 Å². The summed E-state index contributed by atoms with van der Waals surface area (Å²) in [6.07, 6.45) is 1.54. The minimum atomic E-state index is 0.500. The highest BCUT2D eigenvalue weighted by Gasteiger charge is 1.81. The van der Waals surface area contributed by atoms with Crippen molar-refractivity contribution in [3.8, 4) is 0 Å². The number of H-pyrrole nitrogens is 1. The molecule has 0 unspecified atom stereocenters. The highest BCUT2D eigenvalue weighted by Crippen LogP contribution is 1.93. The van der Waals surface area contributed by atoms with Crippen molar-refractivity contribution >= 4 is 5.82 Å². The fourth-order valence-corrected chi connectivity index (χ4v) is 0.318. The van der Waals surface area contributed by atoms with Crippen LogP contribution in [0, 0.1) is 0 Å². The zero-order valence-corrected chi connectivity index (χ0v) is 3.55. The normalized spacial score (nSPS) is 8.71. The van der Waals surface area contributed by atoms with Crippen LogP contribution in [-0.4, -0.2) is 15.4 Å². The summed E-state index contributed by atoms with van der Waals surface area (Å²) in [6, 6.07) is 1.61. The third-order valence-electron chi connectivity index (χ3n) is 0.621. The molecule has 38 valence electrons. The monoisotopic (exact) mass is 99.0 g/mol. The number of aromatic nitrogens is 2. The van der Waals surface area contributed by atoms with Crippen LogP contribution in [0.5, 0.6) is 0 Å². The van der Waals surface area contributed by atoms with E-state index in [1.807, 2.05) is 5.48 Å². The van der Waals surface area contributed by atoms with Crippen molar-refractivity contribution in [1.82, 2.24) is 10.2 Å². The Hall–Kier alpha value is -1.03. The average Bonchev–Trinajstić information content (AvgIpc) is 2.14. The quantitative estimate of drug-likeness (QED) is 0.441. The Balaban J connectivity index is 2.76. The SMILES string of the molecule is ONc1ccn[nH]1. The lowest BCUT2D eigenvalue weighted by Crippen LogP contribution is -1.87. The molecule has 0 atom stereocenters. The minimum Gasteiger partial charge on any atom is -0.290 e. The van der Waals surface area contributed by atoms with Crippen LogP contribution >= 0.6 is 0 Å². The number of hydrogen-bond donors (Lipinski definition) is 3. The first-order valence-corrected chi connectivity index (χ1v) is 1.83. The van der Waals surface area contributed by atoms with Crippen LogP contribution in [0.2, 0.25) is 0 Å². The van der Waals surface area contributed by atoms with E-state index in [-0.39, 0.29) is 0 Å². The smallest absolute Gasteiger partial charge is 0.145 e. The summed E-state index contributed by atoms with van der Waals surface area (Å²) in [5.41, 5.74) is 1.89. The average molecular weight is 99.1 g/mol. The maximum Gasteiger partial charge on any atom is 0.145 e. The molecule has 0 spiro atoms. The Morgan fingerprint density at radius 2 is 2.71 bits per heavy atom. The standard InChI is InChI=1S/C3H5N3O/c7-6-3-1-2-4-5-3/h1-2,7H,(H2,4,5,6). The van der Waals surface area contributed by atoms with Crippen LogP contribution in [-0.2, 0) is 0 Å². The van der Waals surface area contributed by atoms with Gasteiger partial charge in [0, 0.05) is 6.07 Å². The number of aromatic amines is 1. The molecule has 0 bridgehead atoms. The lowest BCUT2D eigenvalue weighted by Gasteiger charge is -1.84. The summed E-state index contributed by atoms with van der Waals surface area (Å²) >= 11 is 0. The molecule has 3 N–H and O–H groups in total. The number of anilines is 1. The van der Waals surface area contributed by atoms with Gasteiger partial charge in [0.05, 0.1) is 6.20 Å². The number of nitrogens with one attached hydrogen (secondary N) is 2. The van der Waals surface area contributed by atoms with Gasteiger partial charge in [-0.25, -0.2) is 0 Å². The lowest BCUT2D eigenvalue weighted by molar-refractivity contribution is 0.386. The van der Waals surface area contributed by atoms with Crippen molar-refractivity contribution in [3.63, 3.8) is 0 Å². The molecule has 0 amide bonds. The largest absolute Gasteiger partial charge is 0.290 e. The molecule has 4 heteroatoms. The van der Waals surface area contributed by atoms with Gasteiger partial charge in [-0.15, -0.1) is 0 Å². The van der Waals surface area contributed by atoms with Crippen molar-refractivity contribution in [1.29, 1.82) is 0 Å². The third-order valence-corrected chi connectivity index (χ3v) is 0.621. The molecule has 1 aromatic rings. The van der Waals surface area contributed by atoms with Crippen molar-refractivity contribution in [2.24, 2.45) is 0 Å². The molecular formula is C3H5N3O. The van der Waals surface area contributed by atoms with Gasteiger partial charge < -0.3 is 0 Å². The first kappa shape index (κ1) is 4.14. The Bertz CT molecular complexity index is 125. The Labute approximate surface area is 40.1 Å². The molecule has 0 fully saturated rings. The van der Waals surface area contributed by atoms with Crippen LogP contribution in [0.15, 0.2) is 12.3 Å². The van der Waals surface area contributed by atoms with Crippen LogP contribution in [0.1, 0.15) is 0 Å². The molecule has 0 aliphatic heterocycles. The second kappa shape index (κ2) is 1.61. The summed E-state index contributed by atoms with van der Waals surface area (Å²) in [5, 5.41) is 14.1. The molecule has 0 radical (unpaired) electrons. The van der Waals surface area contributed by atoms with Crippen molar-refractivity contribution in [2.45, 2.75) is 0 Å². The van der Waals surface area contributed by atoms with Crippen molar-refractivity contribution in [2.75, 3.05) is 5.48 Å². The van der Waals surface area contributed by atoms with E-state index in [9.17, 15) is 0 Å². The molecular weight excluding hydrogens is 94.1 g/mol. The van der Waals surface area contributed by atoms with Gasteiger partial charge in [-0.05, 0) is 0 Å². The van der Waals surface area contributed by atoms with Crippen LogP contribution in [0.25, 0.3) is 0 Å². The maximum atomic E-state index is 8.11. The highest BCUT2D eigenvalue weighted by atomic mass is 16.5. The zero-order valence-electron chi connectivity index (χ0n) is 3.55. The fraction of sp³-hybridized carbons (Fsp3) is 0. The van der Waals surface area contributed by atoms with Gasteiger partial charge in [0.2, 0.25) is 0 Å². The fourth-order valence-electron chi connectivity index (χ4n) is 0.318.